The van der Waals surface area contributed by atoms with Crippen LogP contribution in [-0.4, -0.2) is 4.98 Å². The van der Waals surface area contributed by atoms with Crippen molar-refractivity contribution in [3.05, 3.63) is 90.6 Å². The molecule has 3 aromatic carbocycles. The van der Waals surface area contributed by atoms with Gasteiger partial charge in [0, 0.05) is 37.5 Å². The lowest BCUT2D eigenvalue weighted by Gasteiger charge is -2.22. The van der Waals surface area contributed by atoms with Crippen LogP contribution in [0.1, 0.15) is 43.6 Å². The molecule has 31 heavy (non-hydrogen) atoms. The third-order valence-electron chi connectivity index (χ3n) is 6.74. The van der Waals surface area contributed by atoms with Crippen molar-refractivity contribution < 1.29 is 0 Å². The van der Waals surface area contributed by atoms with Crippen molar-refractivity contribution in [3.8, 4) is 22.4 Å². The number of fused-ring (bicyclic) bond motifs is 3. The summed E-state index contributed by atoms with van der Waals surface area (Å²) in [5.41, 5.74) is 6.36. The van der Waals surface area contributed by atoms with E-state index in [4.69, 9.17) is 4.98 Å². The molecule has 0 bridgehead atoms. The van der Waals surface area contributed by atoms with Crippen LogP contribution in [0.3, 0.4) is 0 Å². The van der Waals surface area contributed by atoms with E-state index < -0.39 is 0 Å². The molecule has 5 aromatic rings. The molecule has 1 aliphatic carbocycles. The summed E-state index contributed by atoms with van der Waals surface area (Å²) in [5.74, 6) is 0.682. The predicted octanol–water partition coefficient (Wildman–Crippen LogP) is 8.83. The monoisotopic (exact) mass is 419 g/mol. The summed E-state index contributed by atoms with van der Waals surface area (Å²) in [5, 5.41) is 2.70. The zero-order valence-electron chi connectivity index (χ0n) is 17.6. The van der Waals surface area contributed by atoms with Gasteiger partial charge in [-0.3, -0.25) is 4.98 Å². The first-order chi connectivity index (χ1) is 15.4. The van der Waals surface area contributed by atoms with Crippen LogP contribution in [0.2, 0.25) is 0 Å². The van der Waals surface area contributed by atoms with Gasteiger partial charge in [0.25, 0.3) is 0 Å². The first-order valence-corrected chi connectivity index (χ1v) is 12.2. The highest BCUT2D eigenvalue weighted by atomic mass is 32.1. The van der Waals surface area contributed by atoms with Gasteiger partial charge in [-0.25, -0.2) is 0 Å². The average molecular weight is 420 g/mol. The van der Waals surface area contributed by atoms with Gasteiger partial charge in [0.2, 0.25) is 0 Å². The summed E-state index contributed by atoms with van der Waals surface area (Å²) in [6.07, 6.45) is 8.72. The van der Waals surface area contributed by atoms with Gasteiger partial charge in [0.1, 0.15) is 0 Å². The van der Waals surface area contributed by atoms with Crippen LogP contribution in [0.4, 0.5) is 0 Å². The van der Waals surface area contributed by atoms with E-state index in [2.05, 4.69) is 78.9 Å². The molecule has 6 rings (SSSR count). The lowest BCUT2D eigenvalue weighted by atomic mass is 9.83. The number of benzene rings is 3. The fourth-order valence-electron chi connectivity index (χ4n) is 5.22. The molecule has 1 aliphatic rings. The summed E-state index contributed by atoms with van der Waals surface area (Å²) < 4.78 is 2.68. The third kappa shape index (κ3) is 3.36. The summed E-state index contributed by atoms with van der Waals surface area (Å²) >= 11 is 1.88. The molecule has 0 radical (unpaired) electrons. The quantitative estimate of drug-likeness (QED) is 0.285. The van der Waals surface area contributed by atoms with Crippen molar-refractivity contribution in [1.29, 1.82) is 0 Å². The smallest absolute Gasteiger partial charge is 0.0711 e. The molecule has 0 saturated heterocycles. The number of nitrogens with zero attached hydrogens (tertiary/aromatic N) is 1. The van der Waals surface area contributed by atoms with Gasteiger partial charge in [-0.15, -0.1) is 11.3 Å². The van der Waals surface area contributed by atoms with E-state index >= 15 is 0 Å². The van der Waals surface area contributed by atoms with Gasteiger partial charge in [0.15, 0.2) is 0 Å². The summed E-state index contributed by atoms with van der Waals surface area (Å²) in [7, 11) is 0. The standard InChI is InChI=1S/C29H25NS/c1-3-9-20(10-4-1)22-17-18-30-25(19-22)23-15-16-27-29(24-13-7-8-14-26(24)31-27)28(23)21-11-5-2-6-12-21/h2,5-8,11-20H,1,3-4,9-10H2. The Hall–Kier alpha value is -2.97. The lowest BCUT2D eigenvalue weighted by Crippen LogP contribution is -2.05. The summed E-state index contributed by atoms with van der Waals surface area (Å²) in [4.78, 5) is 4.87. The molecule has 2 heteroatoms. The van der Waals surface area contributed by atoms with Crippen LogP contribution in [0, 0.1) is 0 Å². The number of hydrogen-bond acceptors (Lipinski definition) is 2. The highest BCUT2D eigenvalue weighted by Crippen LogP contribution is 2.45. The second-order valence-electron chi connectivity index (χ2n) is 8.63. The molecule has 0 spiro atoms. The van der Waals surface area contributed by atoms with Crippen LogP contribution < -0.4 is 0 Å². The van der Waals surface area contributed by atoms with Crippen LogP contribution in [0.5, 0.6) is 0 Å². The van der Waals surface area contributed by atoms with Crippen molar-refractivity contribution in [1.82, 2.24) is 4.98 Å². The van der Waals surface area contributed by atoms with E-state index in [-0.39, 0.29) is 0 Å². The number of rotatable bonds is 3. The fourth-order valence-corrected chi connectivity index (χ4v) is 6.33. The molecule has 0 atom stereocenters. The number of thiophene rings is 1. The van der Waals surface area contributed by atoms with Crippen LogP contribution in [-0.2, 0) is 0 Å². The third-order valence-corrected chi connectivity index (χ3v) is 7.88. The van der Waals surface area contributed by atoms with Crippen molar-refractivity contribution >= 4 is 31.5 Å². The van der Waals surface area contributed by atoms with Gasteiger partial charge >= 0.3 is 0 Å². The van der Waals surface area contributed by atoms with E-state index in [9.17, 15) is 0 Å². The first-order valence-electron chi connectivity index (χ1n) is 11.3. The maximum atomic E-state index is 4.87. The Morgan fingerprint density at radius 2 is 1.55 bits per heavy atom. The molecule has 1 saturated carbocycles. The fraction of sp³-hybridized carbons (Fsp3) is 0.207. The minimum Gasteiger partial charge on any atom is -0.256 e. The normalized spacial score (nSPS) is 15.0. The number of aromatic nitrogens is 1. The molecule has 0 amide bonds. The van der Waals surface area contributed by atoms with Crippen LogP contribution in [0.15, 0.2) is 85.1 Å². The summed E-state index contributed by atoms with van der Waals surface area (Å²) in [6, 6.07) is 28.8. The maximum Gasteiger partial charge on any atom is 0.0711 e. The Kier molecular flexibility index (Phi) is 4.81. The molecule has 0 aliphatic heterocycles. The topological polar surface area (TPSA) is 12.9 Å². The lowest BCUT2D eigenvalue weighted by molar-refractivity contribution is 0.443. The van der Waals surface area contributed by atoms with Gasteiger partial charge in [-0.2, -0.15) is 0 Å². The van der Waals surface area contributed by atoms with Crippen molar-refractivity contribution in [2.75, 3.05) is 0 Å². The van der Waals surface area contributed by atoms with Crippen molar-refractivity contribution in [2.24, 2.45) is 0 Å². The second-order valence-corrected chi connectivity index (χ2v) is 9.72. The SMILES string of the molecule is c1ccc(-c2c(-c3cc(C4CCCCC4)ccn3)ccc3sc4ccccc4c23)cc1. The molecular formula is C29H25NS. The molecule has 1 nitrogen and oxygen atoms in total. The van der Waals surface area contributed by atoms with E-state index in [1.807, 2.05) is 17.5 Å². The minimum atomic E-state index is 0.682. The Bertz CT molecular complexity index is 1360. The minimum absolute atomic E-state index is 0.682. The van der Waals surface area contributed by atoms with E-state index in [1.54, 1.807) is 0 Å². The maximum absolute atomic E-state index is 4.87. The van der Waals surface area contributed by atoms with Crippen LogP contribution >= 0.6 is 11.3 Å². The van der Waals surface area contributed by atoms with Gasteiger partial charge in [0.05, 0.1) is 5.69 Å². The van der Waals surface area contributed by atoms with E-state index in [0.29, 0.717) is 5.92 Å². The molecule has 152 valence electrons. The predicted molar refractivity (Wildman–Crippen MR) is 134 cm³/mol. The molecular weight excluding hydrogens is 394 g/mol. The number of hydrogen-bond donors (Lipinski definition) is 0. The van der Waals surface area contributed by atoms with Gasteiger partial charge in [-0.1, -0.05) is 73.9 Å². The first kappa shape index (κ1) is 18.8. The van der Waals surface area contributed by atoms with E-state index in [1.165, 1.54) is 74.5 Å². The Labute approximate surface area is 187 Å². The van der Waals surface area contributed by atoms with Gasteiger partial charge < -0.3 is 0 Å². The Morgan fingerprint density at radius 1 is 0.742 bits per heavy atom. The Morgan fingerprint density at radius 3 is 2.42 bits per heavy atom. The molecule has 2 aromatic heterocycles. The highest BCUT2D eigenvalue weighted by Gasteiger charge is 2.19. The van der Waals surface area contributed by atoms with Crippen LogP contribution in [0.25, 0.3) is 42.6 Å². The molecule has 0 N–H and O–H groups in total. The average Bonchev–Trinajstić information content (AvgIpc) is 3.23. The van der Waals surface area contributed by atoms with Crippen molar-refractivity contribution in [2.45, 2.75) is 38.0 Å². The zero-order chi connectivity index (χ0) is 20.6. The highest BCUT2D eigenvalue weighted by molar-refractivity contribution is 7.26. The Balaban J connectivity index is 1.61. The van der Waals surface area contributed by atoms with Gasteiger partial charge in [-0.05, 0) is 54.2 Å². The number of pyridine rings is 1. The molecule has 0 unspecified atom stereocenters. The van der Waals surface area contributed by atoms with Crippen molar-refractivity contribution in [3.63, 3.8) is 0 Å². The zero-order valence-corrected chi connectivity index (χ0v) is 18.4. The molecule has 1 fully saturated rings. The molecule has 2 heterocycles. The summed E-state index contributed by atoms with van der Waals surface area (Å²) in [6.45, 7) is 0. The second kappa shape index (κ2) is 7.94. The van der Waals surface area contributed by atoms with E-state index in [0.717, 1.165) is 5.69 Å². The largest absolute Gasteiger partial charge is 0.256 e.